The molecule has 0 aromatic heterocycles. The van der Waals surface area contributed by atoms with Crippen molar-refractivity contribution >= 4 is 5.91 Å². The van der Waals surface area contributed by atoms with Crippen LogP contribution in [0.25, 0.3) is 0 Å². The number of carbonyl (C=O) groups excluding carboxylic acids is 1. The van der Waals surface area contributed by atoms with E-state index in [4.69, 9.17) is 0 Å². The van der Waals surface area contributed by atoms with Gasteiger partial charge in [-0.25, -0.2) is 0 Å². The first-order chi connectivity index (χ1) is 9.78. The molecule has 0 radical (unpaired) electrons. The summed E-state index contributed by atoms with van der Waals surface area (Å²) < 4.78 is 0. The van der Waals surface area contributed by atoms with Crippen LogP contribution in [0.15, 0.2) is 30.3 Å². The van der Waals surface area contributed by atoms with E-state index >= 15 is 0 Å². The topological polar surface area (TPSA) is 61.4 Å². The molecule has 20 heavy (non-hydrogen) atoms. The second kappa shape index (κ2) is 8.02. The minimum Gasteiger partial charge on any atom is -0.395 e. The molecule has 110 valence electrons. The molecule has 0 saturated heterocycles. The maximum atomic E-state index is 11.8. The third-order valence-electron chi connectivity index (χ3n) is 3.82. The summed E-state index contributed by atoms with van der Waals surface area (Å²) in [6.45, 7) is 0.306. The van der Waals surface area contributed by atoms with Crippen LogP contribution in [0.2, 0.25) is 0 Å². The number of aliphatic hydroxyl groups excluding tert-OH is 1. The van der Waals surface area contributed by atoms with E-state index in [0.717, 1.165) is 24.8 Å². The Bertz CT molecular complexity index is 402. The second-order valence-corrected chi connectivity index (χ2v) is 5.50. The largest absolute Gasteiger partial charge is 0.395 e. The Balaban J connectivity index is 1.71. The van der Waals surface area contributed by atoms with Crippen molar-refractivity contribution in [3.05, 3.63) is 35.9 Å². The highest BCUT2D eigenvalue weighted by Crippen LogP contribution is 2.17. The van der Waals surface area contributed by atoms with Gasteiger partial charge in [0.05, 0.1) is 13.2 Å². The number of aliphatic hydroxyl groups is 1. The van der Waals surface area contributed by atoms with Crippen LogP contribution in [0.1, 0.15) is 31.2 Å². The molecule has 0 spiro atoms. The molecule has 3 N–H and O–H groups in total. The third kappa shape index (κ3) is 4.94. The first-order valence-corrected chi connectivity index (χ1v) is 7.45. The third-order valence-corrected chi connectivity index (χ3v) is 3.82. The number of amides is 1. The summed E-state index contributed by atoms with van der Waals surface area (Å²) in [5.41, 5.74) is 1.16. The van der Waals surface area contributed by atoms with Gasteiger partial charge >= 0.3 is 0 Å². The molecule has 4 heteroatoms. The molecular weight excluding hydrogens is 252 g/mol. The highest BCUT2D eigenvalue weighted by molar-refractivity contribution is 5.78. The molecule has 0 heterocycles. The van der Waals surface area contributed by atoms with Crippen LogP contribution in [-0.2, 0) is 11.2 Å². The van der Waals surface area contributed by atoms with E-state index in [-0.39, 0.29) is 25.1 Å². The number of benzene rings is 1. The van der Waals surface area contributed by atoms with E-state index in [9.17, 15) is 9.90 Å². The normalized spacial score (nSPS) is 17.1. The van der Waals surface area contributed by atoms with Crippen LogP contribution in [0.5, 0.6) is 0 Å². The fraction of sp³-hybridized carbons (Fsp3) is 0.562. The lowest BCUT2D eigenvalue weighted by Gasteiger charge is -2.17. The molecule has 1 unspecified atom stereocenters. The smallest absolute Gasteiger partial charge is 0.234 e. The highest BCUT2D eigenvalue weighted by atomic mass is 16.3. The molecule has 1 atom stereocenters. The van der Waals surface area contributed by atoms with Crippen LogP contribution in [0.3, 0.4) is 0 Å². The van der Waals surface area contributed by atoms with Gasteiger partial charge in [0.1, 0.15) is 0 Å². The van der Waals surface area contributed by atoms with Crippen molar-refractivity contribution in [2.45, 2.75) is 44.2 Å². The Morgan fingerprint density at radius 3 is 2.60 bits per heavy atom. The van der Waals surface area contributed by atoms with E-state index < -0.39 is 0 Å². The zero-order valence-corrected chi connectivity index (χ0v) is 11.8. The van der Waals surface area contributed by atoms with Crippen LogP contribution in [0, 0.1) is 0 Å². The lowest BCUT2D eigenvalue weighted by molar-refractivity contribution is -0.121. The molecule has 1 aliphatic carbocycles. The molecule has 1 aromatic rings. The number of rotatable bonds is 7. The van der Waals surface area contributed by atoms with Crippen molar-refractivity contribution < 1.29 is 9.90 Å². The average molecular weight is 276 g/mol. The van der Waals surface area contributed by atoms with Gasteiger partial charge in [-0.15, -0.1) is 0 Å². The molecule has 1 amide bonds. The molecular formula is C16H24N2O2. The predicted molar refractivity (Wildman–Crippen MR) is 79.4 cm³/mol. The standard InChI is InChI=1S/C16H24N2O2/c19-12-15(10-13-6-2-1-3-7-13)17-11-16(20)18-14-8-4-5-9-14/h1-3,6-7,14-15,17,19H,4-5,8-12H2,(H,18,20). The lowest BCUT2D eigenvalue weighted by Crippen LogP contribution is -2.44. The SMILES string of the molecule is O=C(CNC(CO)Cc1ccccc1)NC1CCCC1. The summed E-state index contributed by atoms with van der Waals surface area (Å²) in [5.74, 6) is 0.0309. The zero-order valence-electron chi connectivity index (χ0n) is 11.8. The molecule has 2 rings (SSSR count). The Morgan fingerprint density at radius 2 is 1.95 bits per heavy atom. The minimum atomic E-state index is -0.0771. The van der Waals surface area contributed by atoms with E-state index in [1.54, 1.807) is 0 Å². The summed E-state index contributed by atoms with van der Waals surface area (Å²) in [6.07, 6.45) is 5.35. The molecule has 0 aliphatic heterocycles. The van der Waals surface area contributed by atoms with Crippen LogP contribution in [-0.4, -0.2) is 36.2 Å². The molecule has 1 saturated carbocycles. The average Bonchev–Trinajstić information content (AvgIpc) is 2.97. The number of nitrogens with one attached hydrogen (secondary N) is 2. The number of hydrogen-bond donors (Lipinski definition) is 3. The summed E-state index contributed by atoms with van der Waals surface area (Å²) in [6, 6.07) is 10.3. The zero-order chi connectivity index (χ0) is 14.2. The molecule has 1 aromatic carbocycles. The van der Waals surface area contributed by atoms with Crippen molar-refractivity contribution in [3.8, 4) is 0 Å². The lowest BCUT2D eigenvalue weighted by atomic mass is 10.1. The van der Waals surface area contributed by atoms with Crippen molar-refractivity contribution in [1.29, 1.82) is 0 Å². The van der Waals surface area contributed by atoms with Crippen molar-refractivity contribution in [2.75, 3.05) is 13.2 Å². The fourth-order valence-electron chi connectivity index (χ4n) is 2.69. The van der Waals surface area contributed by atoms with E-state index in [2.05, 4.69) is 10.6 Å². The van der Waals surface area contributed by atoms with Crippen LogP contribution >= 0.6 is 0 Å². The van der Waals surface area contributed by atoms with E-state index in [0.29, 0.717) is 6.04 Å². The van der Waals surface area contributed by atoms with E-state index in [1.807, 2.05) is 30.3 Å². The number of carbonyl (C=O) groups is 1. The van der Waals surface area contributed by atoms with Gasteiger partial charge in [0.2, 0.25) is 5.91 Å². The van der Waals surface area contributed by atoms with Gasteiger partial charge in [0.25, 0.3) is 0 Å². The van der Waals surface area contributed by atoms with Gasteiger partial charge in [-0.3, -0.25) is 4.79 Å². The quantitative estimate of drug-likeness (QED) is 0.702. The molecule has 0 bridgehead atoms. The molecule has 1 fully saturated rings. The monoisotopic (exact) mass is 276 g/mol. The Kier molecular flexibility index (Phi) is 6.02. The van der Waals surface area contributed by atoms with Gasteiger partial charge in [-0.05, 0) is 24.8 Å². The maximum Gasteiger partial charge on any atom is 0.234 e. The Labute approximate surface area is 120 Å². The first-order valence-electron chi connectivity index (χ1n) is 7.45. The summed E-state index contributed by atoms with van der Waals surface area (Å²) in [4.78, 5) is 11.8. The number of hydrogen-bond acceptors (Lipinski definition) is 3. The highest BCUT2D eigenvalue weighted by Gasteiger charge is 2.17. The fourth-order valence-corrected chi connectivity index (χ4v) is 2.69. The van der Waals surface area contributed by atoms with Gasteiger partial charge in [0.15, 0.2) is 0 Å². The van der Waals surface area contributed by atoms with Gasteiger partial charge in [-0.2, -0.15) is 0 Å². The predicted octanol–water partition coefficient (Wildman–Crippen LogP) is 1.24. The Morgan fingerprint density at radius 1 is 1.25 bits per heavy atom. The summed E-state index contributed by atoms with van der Waals surface area (Å²) in [7, 11) is 0. The minimum absolute atomic E-state index is 0.0309. The first kappa shape index (κ1) is 15.0. The van der Waals surface area contributed by atoms with Gasteiger partial charge in [0, 0.05) is 12.1 Å². The van der Waals surface area contributed by atoms with Crippen LogP contribution < -0.4 is 10.6 Å². The van der Waals surface area contributed by atoms with Crippen molar-refractivity contribution in [2.24, 2.45) is 0 Å². The summed E-state index contributed by atoms with van der Waals surface area (Å²) >= 11 is 0. The summed E-state index contributed by atoms with van der Waals surface area (Å²) in [5, 5.41) is 15.6. The van der Waals surface area contributed by atoms with Crippen molar-refractivity contribution in [3.63, 3.8) is 0 Å². The Hall–Kier alpha value is -1.39. The van der Waals surface area contributed by atoms with E-state index in [1.165, 1.54) is 12.8 Å². The molecule has 1 aliphatic rings. The maximum absolute atomic E-state index is 11.8. The van der Waals surface area contributed by atoms with Gasteiger partial charge in [-0.1, -0.05) is 43.2 Å². The van der Waals surface area contributed by atoms with Crippen LogP contribution in [0.4, 0.5) is 0 Å². The van der Waals surface area contributed by atoms with Crippen molar-refractivity contribution in [1.82, 2.24) is 10.6 Å². The molecule has 4 nitrogen and oxygen atoms in total. The van der Waals surface area contributed by atoms with Gasteiger partial charge < -0.3 is 15.7 Å². The second-order valence-electron chi connectivity index (χ2n) is 5.50.